The lowest BCUT2D eigenvalue weighted by molar-refractivity contribution is -0.384. The number of benzene rings is 2. The smallest absolute Gasteiger partial charge is 0.269 e. The van der Waals surface area contributed by atoms with Crippen LogP contribution in [0, 0.1) is 21.4 Å². The van der Waals surface area contributed by atoms with Crippen LogP contribution >= 0.6 is 0 Å². The minimum atomic E-state index is -0.516. The van der Waals surface area contributed by atoms with Crippen molar-refractivity contribution in [2.45, 2.75) is 13.0 Å². The molecule has 2 rings (SSSR count). The van der Waals surface area contributed by atoms with Gasteiger partial charge in [-0.25, -0.2) is 0 Å². The summed E-state index contributed by atoms with van der Waals surface area (Å²) in [6.07, 6.45) is 0. The molecule has 0 saturated heterocycles. The third kappa shape index (κ3) is 3.46. The Balaban J connectivity index is 2.10. The van der Waals surface area contributed by atoms with Crippen LogP contribution in [0.15, 0.2) is 48.5 Å². The molecular weight excluding hydrogens is 282 g/mol. The number of nitro groups is 1. The Morgan fingerprint density at radius 3 is 2.55 bits per heavy atom. The molecule has 110 valence electrons. The molecule has 0 aliphatic rings. The van der Waals surface area contributed by atoms with E-state index in [9.17, 15) is 14.9 Å². The molecule has 2 aromatic rings. The highest BCUT2D eigenvalue weighted by Gasteiger charge is 2.13. The molecule has 0 aromatic heterocycles. The Morgan fingerprint density at radius 2 is 1.95 bits per heavy atom. The Bertz CT molecular complexity index is 748. The van der Waals surface area contributed by atoms with Crippen LogP contribution in [0.1, 0.15) is 34.5 Å². The second-order valence-corrected chi connectivity index (χ2v) is 4.74. The van der Waals surface area contributed by atoms with Crippen LogP contribution in [0.2, 0.25) is 0 Å². The molecule has 0 heterocycles. The number of nitrogens with zero attached hydrogens (tertiary/aromatic N) is 2. The van der Waals surface area contributed by atoms with E-state index in [0.717, 1.165) is 5.56 Å². The molecule has 0 aliphatic heterocycles. The molecule has 0 bridgehead atoms. The van der Waals surface area contributed by atoms with Crippen molar-refractivity contribution in [3.8, 4) is 6.07 Å². The quantitative estimate of drug-likeness (QED) is 0.692. The van der Waals surface area contributed by atoms with Crippen molar-refractivity contribution in [2.24, 2.45) is 0 Å². The van der Waals surface area contributed by atoms with Gasteiger partial charge in [-0.2, -0.15) is 5.26 Å². The molecule has 6 heteroatoms. The maximum absolute atomic E-state index is 12.1. The number of hydrogen-bond donors (Lipinski definition) is 1. The molecule has 1 atom stereocenters. The summed E-state index contributed by atoms with van der Waals surface area (Å²) in [5.74, 6) is -0.329. The molecule has 1 unspecified atom stereocenters. The van der Waals surface area contributed by atoms with Crippen LogP contribution in [0.3, 0.4) is 0 Å². The highest BCUT2D eigenvalue weighted by Crippen LogP contribution is 2.16. The van der Waals surface area contributed by atoms with Gasteiger partial charge in [0.25, 0.3) is 11.6 Å². The molecule has 0 saturated carbocycles. The topological polar surface area (TPSA) is 96.0 Å². The van der Waals surface area contributed by atoms with E-state index >= 15 is 0 Å². The summed E-state index contributed by atoms with van der Waals surface area (Å²) in [5.41, 5.74) is 1.61. The number of rotatable bonds is 4. The number of nitrogens with one attached hydrogen (secondary N) is 1. The summed E-state index contributed by atoms with van der Waals surface area (Å²) < 4.78 is 0. The third-order valence-corrected chi connectivity index (χ3v) is 3.20. The van der Waals surface area contributed by atoms with E-state index in [1.165, 1.54) is 24.3 Å². The highest BCUT2D eigenvalue weighted by molar-refractivity contribution is 5.94. The number of nitro benzene ring substituents is 1. The van der Waals surface area contributed by atoms with Crippen LogP contribution in [0.4, 0.5) is 5.69 Å². The molecule has 1 N–H and O–H groups in total. The average molecular weight is 295 g/mol. The number of hydrogen-bond acceptors (Lipinski definition) is 4. The molecule has 0 spiro atoms. The molecule has 1 amide bonds. The van der Waals surface area contributed by atoms with E-state index in [4.69, 9.17) is 5.26 Å². The summed E-state index contributed by atoms with van der Waals surface area (Å²) in [7, 11) is 0. The summed E-state index contributed by atoms with van der Waals surface area (Å²) in [6.45, 7) is 1.81. The normalized spacial score (nSPS) is 11.3. The summed E-state index contributed by atoms with van der Waals surface area (Å²) in [5, 5.41) is 22.3. The fourth-order valence-electron chi connectivity index (χ4n) is 1.98. The number of amides is 1. The highest BCUT2D eigenvalue weighted by atomic mass is 16.6. The molecule has 0 aliphatic carbocycles. The number of carbonyl (C=O) groups excluding carboxylic acids is 1. The summed E-state index contributed by atoms with van der Waals surface area (Å²) in [6, 6.07) is 14.1. The number of nitriles is 1. The van der Waals surface area contributed by atoms with E-state index < -0.39 is 4.92 Å². The van der Waals surface area contributed by atoms with Gasteiger partial charge in [-0.15, -0.1) is 0 Å². The SMILES string of the molecule is CC(NC(=O)c1ccc([N+](=O)[O-])cc1)c1cccc(C#N)c1. The van der Waals surface area contributed by atoms with E-state index in [1.807, 2.05) is 12.1 Å². The van der Waals surface area contributed by atoms with Crippen molar-refractivity contribution in [2.75, 3.05) is 0 Å². The van der Waals surface area contributed by atoms with Crippen molar-refractivity contribution < 1.29 is 9.72 Å². The van der Waals surface area contributed by atoms with Gasteiger partial charge in [0.05, 0.1) is 22.6 Å². The number of carbonyl (C=O) groups is 1. The van der Waals surface area contributed by atoms with Gasteiger partial charge in [0, 0.05) is 17.7 Å². The Hall–Kier alpha value is -3.20. The zero-order chi connectivity index (χ0) is 16.1. The van der Waals surface area contributed by atoms with Gasteiger partial charge >= 0.3 is 0 Å². The van der Waals surface area contributed by atoms with Crippen molar-refractivity contribution in [3.05, 3.63) is 75.3 Å². The predicted molar refractivity (Wildman–Crippen MR) is 80.1 cm³/mol. The van der Waals surface area contributed by atoms with Crippen LogP contribution in [-0.2, 0) is 0 Å². The van der Waals surface area contributed by atoms with E-state index in [-0.39, 0.29) is 17.6 Å². The van der Waals surface area contributed by atoms with Gasteiger partial charge in [-0.1, -0.05) is 12.1 Å². The lowest BCUT2D eigenvalue weighted by Crippen LogP contribution is -2.26. The maximum Gasteiger partial charge on any atom is 0.269 e. The lowest BCUT2D eigenvalue weighted by atomic mass is 10.1. The van der Waals surface area contributed by atoms with Gasteiger partial charge in [0.2, 0.25) is 0 Å². The molecule has 22 heavy (non-hydrogen) atoms. The zero-order valence-electron chi connectivity index (χ0n) is 11.8. The first-order valence-corrected chi connectivity index (χ1v) is 6.56. The largest absolute Gasteiger partial charge is 0.346 e. The van der Waals surface area contributed by atoms with Gasteiger partial charge in [0.1, 0.15) is 0 Å². The fourth-order valence-corrected chi connectivity index (χ4v) is 1.98. The predicted octanol–water partition coefficient (Wildman–Crippen LogP) is 2.96. The molecule has 0 radical (unpaired) electrons. The maximum atomic E-state index is 12.1. The van der Waals surface area contributed by atoms with Crippen molar-refractivity contribution in [1.82, 2.24) is 5.32 Å². The first-order valence-electron chi connectivity index (χ1n) is 6.56. The summed E-state index contributed by atoms with van der Waals surface area (Å²) >= 11 is 0. The van der Waals surface area contributed by atoms with E-state index in [1.54, 1.807) is 25.1 Å². The van der Waals surface area contributed by atoms with Gasteiger partial charge in [-0.3, -0.25) is 14.9 Å². The molecule has 0 fully saturated rings. The van der Waals surface area contributed by atoms with Crippen LogP contribution < -0.4 is 5.32 Å². The van der Waals surface area contributed by atoms with Crippen molar-refractivity contribution >= 4 is 11.6 Å². The standard InChI is InChI=1S/C16H13N3O3/c1-11(14-4-2-3-12(9-14)10-17)18-16(20)13-5-7-15(8-6-13)19(21)22/h2-9,11H,1H3,(H,18,20). The molecule has 2 aromatic carbocycles. The van der Waals surface area contributed by atoms with Crippen LogP contribution in [-0.4, -0.2) is 10.8 Å². The average Bonchev–Trinajstić information content (AvgIpc) is 2.54. The Kier molecular flexibility index (Phi) is 4.49. The third-order valence-electron chi connectivity index (χ3n) is 3.20. The van der Waals surface area contributed by atoms with Gasteiger partial charge < -0.3 is 5.32 Å². The Labute approximate surface area is 127 Å². The minimum absolute atomic E-state index is 0.0636. The first kappa shape index (κ1) is 15.2. The Morgan fingerprint density at radius 1 is 1.27 bits per heavy atom. The van der Waals surface area contributed by atoms with Crippen molar-refractivity contribution in [1.29, 1.82) is 5.26 Å². The minimum Gasteiger partial charge on any atom is -0.346 e. The van der Waals surface area contributed by atoms with Gasteiger partial charge in [0.15, 0.2) is 0 Å². The molecule has 6 nitrogen and oxygen atoms in total. The van der Waals surface area contributed by atoms with E-state index in [2.05, 4.69) is 5.32 Å². The monoisotopic (exact) mass is 295 g/mol. The van der Waals surface area contributed by atoms with Crippen LogP contribution in [0.25, 0.3) is 0 Å². The second kappa shape index (κ2) is 6.50. The molecular formula is C16H13N3O3. The number of non-ortho nitro benzene ring substituents is 1. The van der Waals surface area contributed by atoms with Crippen molar-refractivity contribution in [3.63, 3.8) is 0 Å². The zero-order valence-corrected chi connectivity index (χ0v) is 11.8. The van der Waals surface area contributed by atoms with Gasteiger partial charge in [-0.05, 0) is 36.8 Å². The van der Waals surface area contributed by atoms with E-state index in [0.29, 0.717) is 11.1 Å². The summed E-state index contributed by atoms with van der Waals surface area (Å²) in [4.78, 5) is 22.2. The first-order chi connectivity index (χ1) is 10.5. The second-order valence-electron chi connectivity index (χ2n) is 4.74. The van der Waals surface area contributed by atoms with Crippen LogP contribution in [0.5, 0.6) is 0 Å². The lowest BCUT2D eigenvalue weighted by Gasteiger charge is -2.14. The fraction of sp³-hybridized carbons (Fsp3) is 0.125.